The first-order chi connectivity index (χ1) is 8.62. The van der Waals surface area contributed by atoms with E-state index in [1.165, 1.54) is 0 Å². The lowest BCUT2D eigenvalue weighted by molar-refractivity contribution is -0.130. The molecule has 0 bridgehead atoms. The van der Waals surface area contributed by atoms with E-state index in [0.29, 0.717) is 6.42 Å². The summed E-state index contributed by atoms with van der Waals surface area (Å²) in [5.74, 6) is 1.03. The van der Waals surface area contributed by atoms with Crippen molar-refractivity contribution in [3.8, 4) is 5.75 Å². The van der Waals surface area contributed by atoms with E-state index in [1.54, 1.807) is 7.11 Å². The van der Waals surface area contributed by atoms with E-state index in [0.717, 1.165) is 35.3 Å². The molecule has 0 saturated carbocycles. The predicted molar refractivity (Wildman–Crippen MR) is 76.9 cm³/mol. The number of ether oxygens (including phenoxy) is 1. The van der Waals surface area contributed by atoms with Crippen LogP contribution >= 0.6 is 15.9 Å². The fourth-order valence-corrected chi connectivity index (χ4v) is 2.44. The van der Waals surface area contributed by atoms with Crippen LogP contribution in [0.5, 0.6) is 5.75 Å². The maximum atomic E-state index is 11.9. The first kappa shape index (κ1) is 15.0. The molecule has 0 aromatic heterocycles. The smallest absolute Gasteiger partial charge is 0.222 e. The zero-order valence-electron chi connectivity index (χ0n) is 11.2. The summed E-state index contributed by atoms with van der Waals surface area (Å²) in [6, 6.07) is 5.93. The Bertz CT molecular complexity index is 403. The molecule has 0 aliphatic heterocycles. The van der Waals surface area contributed by atoms with Gasteiger partial charge in [-0.2, -0.15) is 0 Å². The molecule has 4 heteroatoms. The van der Waals surface area contributed by atoms with Crippen LogP contribution in [0.1, 0.15) is 25.8 Å². The predicted octanol–water partition coefficient (Wildman–Crippen LogP) is 3.26. The number of carbonyl (C=O) groups is 1. The number of amides is 1. The van der Waals surface area contributed by atoms with Gasteiger partial charge in [0.15, 0.2) is 0 Å². The summed E-state index contributed by atoms with van der Waals surface area (Å²) in [5, 5.41) is 0. The number of benzene rings is 1. The van der Waals surface area contributed by atoms with Gasteiger partial charge < -0.3 is 9.64 Å². The monoisotopic (exact) mass is 313 g/mol. The molecule has 18 heavy (non-hydrogen) atoms. The van der Waals surface area contributed by atoms with Crippen molar-refractivity contribution in [2.45, 2.75) is 26.7 Å². The van der Waals surface area contributed by atoms with E-state index in [4.69, 9.17) is 4.74 Å². The molecule has 100 valence electrons. The number of methoxy groups -OCH3 is 1. The Morgan fingerprint density at radius 3 is 2.50 bits per heavy atom. The number of rotatable bonds is 6. The van der Waals surface area contributed by atoms with Gasteiger partial charge in [-0.1, -0.05) is 6.07 Å². The molecular formula is C14H20BrNO2. The second-order valence-electron chi connectivity index (χ2n) is 4.03. The van der Waals surface area contributed by atoms with Gasteiger partial charge in [0, 0.05) is 19.5 Å². The highest BCUT2D eigenvalue weighted by molar-refractivity contribution is 9.10. The lowest BCUT2D eigenvalue weighted by atomic mass is 10.1. The van der Waals surface area contributed by atoms with Crippen molar-refractivity contribution in [3.63, 3.8) is 0 Å². The fraction of sp³-hybridized carbons (Fsp3) is 0.500. The first-order valence-corrected chi connectivity index (χ1v) is 7.01. The van der Waals surface area contributed by atoms with Gasteiger partial charge in [0.25, 0.3) is 0 Å². The van der Waals surface area contributed by atoms with Crippen LogP contribution in [0.3, 0.4) is 0 Å². The van der Waals surface area contributed by atoms with Crippen molar-refractivity contribution in [2.75, 3.05) is 20.2 Å². The van der Waals surface area contributed by atoms with Gasteiger partial charge in [0.05, 0.1) is 11.6 Å². The van der Waals surface area contributed by atoms with Crippen LogP contribution in [0.25, 0.3) is 0 Å². The highest BCUT2D eigenvalue weighted by atomic mass is 79.9. The number of carbonyl (C=O) groups excluding carboxylic acids is 1. The standard InChI is InChI=1S/C14H20BrNO2/c1-4-16(5-2)14(17)9-7-11-6-8-13(18-3)12(15)10-11/h6,8,10H,4-5,7,9H2,1-3H3. The molecule has 0 radical (unpaired) electrons. The van der Waals surface area contributed by atoms with E-state index in [2.05, 4.69) is 15.9 Å². The van der Waals surface area contributed by atoms with Gasteiger partial charge in [-0.3, -0.25) is 4.79 Å². The molecule has 0 saturated heterocycles. The third kappa shape index (κ3) is 4.02. The lowest BCUT2D eigenvalue weighted by Crippen LogP contribution is -2.30. The van der Waals surface area contributed by atoms with E-state index in [-0.39, 0.29) is 5.91 Å². The topological polar surface area (TPSA) is 29.5 Å². The second kappa shape index (κ2) is 7.41. The molecule has 1 amide bonds. The maximum absolute atomic E-state index is 11.9. The summed E-state index contributed by atoms with van der Waals surface area (Å²) >= 11 is 3.45. The molecule has 1 aromatic carbocycles. The average Bonchev–Trinajstić information content (AvgIpc) is 2.38. The largest absolute Gasteiger partial charge is 0.496 e. The molecule has 1 aromatic rings. The second-order valence-corrected chi connectivity index (χ2v) is 4.89. The van der Waals surface area contributed by atoms with Gasteiger partial charge in [-0.05, 0) is 53.9 Å². The minimum absolute atomic E-state index is 0.215. The van der Waals surface area contributed by atoms with Crippen LogP contribution in [0.15, 0.2) is 22.7 Å². The molecular weight excluding hydrogens is 294 g/mol. The van der Waals surface area contributed by atoms with Crippen LogP contribution in [0, 0.1) is 0 Å². The highest BCUT2D eigenvalue weighted by Crippen LogP contribution is 2.26. The van der Waals surface area contributed by atoms with Crippen molar-refractivity contribution in [1.29, 1.82) is 0 Å². The summed E-state index contributed by atoms with van der Waals surface area (Å²) in [6.07, 6.45) is 1.32. The maximum Gasteiger partial charge on any atom is 0.222 e. The number of aryl methyl sites for hydroxylation is 1. The minimum Gasteiger partial charge on any atom is -0.496 e. The van der Waals surface area contributed by atoms with Gasteiger partial charge in [0.2, 0.25) is 5.91 Å². The molecule has 3 nitrogen and oxygen atoms in total. The summed E-state index contributed by atoms with van der Waals surface area (Å²) in [4.78, 5) is 13.7. The van der Waals surface area contributed by atoms with E-state index < -0.39 is 0 Å². The highest BCUT2D eigenvalue weighted by Gasteiger charge is 2.10. The Kier molecular flexibility index (Phi) is 6.19. The number of hydrogen-bond donors (Lipinski definition) is 0. The van der Waals surface area contributed by atoms with Crippen LogP contribution in [0.4, 0.5) is 0 Å². The van der Waals surface area contributed by atoms with Crippen molar-refractivity contribution < 1.29 is 9.53 Å². The van der Waals surface area contributed by atoms with Gasteiger partial charge in [-0.25, -0.2) is 0 Å². The van der Waals surface area contributed by atoms with E-state index in [9.17, 15) is 4.79 Å². The minimum atomic E-state index is 0.215. The van der Waals surface area contributed by atoms with E-state index >= 15 is 0 Å². The zero-order chi connectivity index (χ0) is 13.5. The Hall–Kier alpha value is -1.03. The Morgan fingerprint density at radius 2 is 2.00 bits per heavy atom. The summed E-state index contributed by atoms with van der Waals surface area (Å²) in [5.41, 5.74) is 1.14. The molecule has 0 heterocycles. The summed E-state index contributed by atoms with van der Waals surface area (Å²) in [7, 11) is 1.64. The average molecular weight is 314 g/mol. The van der Waals surface area contributed by atoms with Crippen LogP contribution in [-0.2, 0) is 11.2 Å². The number of hydrogen-bond acceptors (Lipinski definition) is 2. The zero-order valence-corrected chi connectivity index (χ0v) is 12.8. The van der Waals surface area contributed by atoms with E-state index in [1.807, 2.05) is 36.9 Å². The molecule has 0 N–H and O–H groups in total. The summed E-state index contributed by atoms with van der Waals surface area (Å²) in [6.45, 7) is 5.57. The van der Waals surface area contributed by atoms with Crippen molar-refractivity contribution in [2.24, 2.45) is 0 Å². The number of nitrogens with zero attached hydrogens (tertiary/aromatic N) is 1. The quantitative estimate of drug-likeness (QED) is 0.806. The molecule has 1 rings (SSSR count). The molecule has 0 aliphatic carbocycles. The first-order valence-electron chi connectivity index (χ1n) is 6.22. The van der Waals surface area contributed by atoms with Crippen LogP contribution < -0.4 is 4.74 Å². The van der Waals surface area contributed by atoms with Crippen LogP contribution in [0.2, 0.25) is 0 Å². The third-order valence-electron chi connectivity index (χ3n) is 2.96. The Labute approximate surface area is 117 Å². The summed E-state index contributed by atoms with van der Waals surface area (Å²) < 4.78 is 6.11. The van der Waals surface area contributed by atoms with Crippen molar-refractivity contribution in [1.82, 2.24) is 4.90 Å². The molecule has 0 fully saturated rings. The fourth-order valence-electron chi connectivity index (χ4n) is 1.85. The van der Waals surface area contributed by atoms with Gasteiger partial charge in [-0.15, -0.1) is 0 Å². The molecule has 0 aliphatic rings. The normalized spacial score (nSPS) is 10.2. The van der Waals surface area contributed by atoms with Crippen molar-refractivity contribution >= 4 is 21.8 Å². The Morgan fingerprint density at radius 1 is 1.33 bits per heavy atom. The molecule has 0 spiro atoms. The lowest BCUT2D eigenvalue weighted by Gasteiger charge is -2.18. The number of halogens is 1. The molecule has 0 unspecified atom stereocenters. The van der Waals surface area contributed by atoms with Gasteiger partial charge >= 0.3 is 0 Å². The SMILES string of the molecule is CCN(CC)C(=O)CCc1ccc(OC)c(Br)c1. The Balaban J connectivity index is 2.58. The van der Waals surface area contributed by atoms with Crippen molar-refractivity contribution in [3.05, 3.63) is 28.2 Å². The molecule has 0 atom stereocenters. The third-order valence-corrected chi connectivity index (χ3v) is 3.58. The van der Waals surface area contributed by atoms with Crippen LogP contribution in [-0.4, -0.2) is 31.0 Å². The van der Waals surface area contributed by atoms with Gasteiger partial charge in [0.1, 0.15) is 5.75 Å².